The quantitative estimate of drug-likeness (QED) is 0.394. The van der Waals surface area contributed by atoms with Crippen molar-refractivity contribution in [3.63, 3.8) is 0 Å². The maximum absolute atomic E-state index is 13.5. The third-order valence-corrected chi connectivity index (χ3v) is 6.87. The molecule has 0 unspecified atom stereocenters. The molecule has 0 aromatic heterocycles. The van der Waals surface area contributed by atoms with Gasteiger partial charge in [-0.1, -0.05) is 56.3 Å². The van der Waals surface area contributed by atoms with Crippen molar-refractivity contribution in [3.8, 4) is 11.5 Å². The number of hydrogen-bond donors (Lipinski definition) is 2. The second-order valence-corrected chi connectivity index (χ2v) is 10.1. The van der Waals surface area contributed by atoms with Gasteiger partial charge in [0.05, 0.1) is 11.6 Å². The fraction of sp³-hybridized carbons (Fsp3) is 0.355. The second-order valence-electron chi connectivity index (χ2n) is 10.1. The maximum atomic E-state index is 13.5. The summed E-state index contributed by atoms with van der Waals surface area (Å²) in [4.78, 5) is 28.9. The van der Waals surface area contributed by atoms with E-state index in [0.717, 1.165) is 55.2 Å². The summed E-state index contributed by atoms with van der Waals surface area (Å²) in [6.45, 7) is 8.63. The molecule has 0 saturated carbocycles. The predicted molar refractivity (Wildman–Crippen MR) is 148 cm³/mol. The molecule has 4 rings (SSSR count). The Labute approximate surface area is 225 Å². The molecule has 1 fully saturated rings. The average molecular weight is 516 g/mol. The second kappa shape index (κ2) is 13.2. The first kappa shape index (κ1) is 27.4. The largest absolute Gasteiger partial charge is 0.478 e. The van der Waals surface area contributed by atoms with Gasteiger partial charge in [-0.25, -0.2) is 4.79 Å². The van der Waals surface area contributed by atoms with Crippen LogP contribution in [0, 0.1) is 5.92 Å². The summed E-state index contributed by atoms with van der Waals surface area (Å²) in [7, 11) is 0. The number of nitrogens with zero attached hydrogens (tertiary/aromatic N) is 2. The van der Waals surface area contributed by atoms with E-state index < -0.39 is 5.97 Å². The zero-order valence-electron chi connectivity index (χ0n) is 22.2. The minimum Gasteiger partial charge on any atom is -0.478 e. The van der Waals surface area contributed by atoms with Gasteiger partial charge in [-0.15, -0.1) is 0 Å². The fourth-order valence-corrected chi connectivity index (χ4v) is 4.69. The van der Waals surface area contributed by atoms with Crippen molar-refractivity contribution < 1.29 is 19.4 Å². The SMILES string of the molecule is CC(C)[C@H](NCc1ccc(Oc2ccccc2)cc1)C(=O)N1CCCN(Cc2ccc(C(=O)O)cc2)CC1. The number of carboxylic acid groups (broad SMARTS) is 1. The van der Waals surface area contributed by atoms with Gasteiger partial charge in [0.25, 0.3) is 0 Å². The third-order valence-electron chi connectivity index (χ3n) is 6.87. The van der Waals surface area contributed by atoms with Crippen LogP contribution in [0.15, 0.2) is 78.9 Å². The predicted octanol–water partition coefficient (Wildman–Crippen LogP) is 5.03. The average Bonchev–Trinajstić information content (AvgIpc) is 3.16. The standard InChI is InChI=1S/C31H37N3O4/c1-23(2)29(32-21-24-11-15-28(16-12-24)38-27-7-4-3-5-8-27)30(35)34-18-6-17-33(19-20-34)22-25-9-13-26(14-10-25)31(36)37/h3-5,7-16,23,29,32H,6,17-22H2,1-2H3,(H,36,37)/t29-/m0/s1. The normalized spacial score (nSPS) is 15.2. The highest BCUT2D eigenvalue weighted by atomic mass is 16.5. The van der Waals surface area contributed by atoms with E-state index in [1.165, 1.54) is 0 Å². The van der Waals surface area contributed by atoms with Crippen LogP contribution >= 0.6 is 0 Å². The summed E-state index contributed by atoms with van der Waals surface area (Å²) in [6.07, 6.45) is 0.909. The highest BCUT2D eigenvalue weighted by Gasteiger charge is 2.28. The van der Waals surface area contributed by atoms with E-state index in [1.54, 1.807) is 12.1 Å². The number of hydrogen-bond acceptors (Lipinski definition) is 5. The molecule has 3 aromatic carbocycles. The number of carbonyl (C=O) groups is 2. The van der Waals surface area contributed by atoms with Gasteiger partial charge in [0.15, 0.2) is 0 Å². The molecule has 0 bridgehead atoms. The highest BCUT2D eigenvalue weighted by Crippen LogP contribution is 2.21. The van der Waals surface area contributed by atoms with Gasteiger partial charge in [-0.2, -0.15) is 0 Å². The number of rotatable bonds is 10. The van der Waals surface area contributed by atoms with Crippen LogP contribution in [-0.4, -0.2) is 59.0 Å². The molecule has 0 radical (unpaired) electrons. The molecule has 1 amide bonds. The summed E-state index contributed by atoms with van der Waals surface area (Å²) in [6, 6.07) is 24.4. The molecule has 0 aliphatic carbocycles. The zero-order chi connectivity index (χ0) is 26.9. The van der Waals surface area contributed by atoms with Gasteiger partial charge in [-0.05, 0) is 59.9 Å². The molecule has 1 aliphatic rings. The number of ether oxygens (including phenoxy) is 1. The third kappa shape index (κ3) is 7.66. The zero-order valence-corrected chi connectivity index (χ0v) is 22.2. The molecule has 200 valence electrons. The summed E-state index contributed by atoms with van der Waals surface area (Å²) >= 11 is 0. The summed E-state index contributed by atoms with van der Waals surface area (Å²) in [5.41, 5.74) is 2.47. The van der Waals surface area contributed by atoms with E-state index in [1.807, 2.05) is 71.6 Å². The van der Waals surface area contributed by atoms with Gasteiger partial charge in [0.1, 0.15) is 11.5 Å². The molecule has 0 spiro atoms. The van der Waals surface area contributed by atoms with Crippen LogP contribution < -0.4 is 10.1 Å². The molecular formula is C31H37N3O4. The minimum absolute atomic E-state index is 0.150. The van der Waals surface area contributed by atoms with Crippen molar-refractivity contribution in [2.45, 2.75) is 39.4 Å². The van der Waals surface area contributed by atoms with Crippen LogP contribution in [-0.2, 0) is 17.9 Å². The summed E-state index contributed by atoms with van der Waals surface area (Å²) < 4.78 is 5.88. The molecule has 1 aliphatic heterocycles. The van der Waals surface area contributed by atoms with E-state index in [9.17, 15) is 9.59 Å². The Bertz CT molecular complexity index is 1180. The van der Waals surface area contributed by atoms with E-state index >= 15 is 0 Å². The molecule has 1 heterocycles. The number of carbonyl (C=O) groups excluding carboxylic acids is 1. The van der Waals surface area contributed by atoms with Crippen LogP contribution in [0.2, 0.25) is 0 Å². The lowest BCUT2D eigenvalue weighted by Crippen LogP contribution is -2.50. The fourth-order valence-electron chi connectivity index (χ4n) is 4.69. The molecule has 1 atom stereocenters. The number of para-hydroxylation sites is 1. The lowest BCUT2D eigenvalue weighted by atomic mass is 10.0. The number of amides is 1. The van der Waals surface area contributed by atoms with Crippen molar-refractivity contribution in [3.05, 3.63) is 95.6 Å². The van der Waals surface area contributed by atoms with E-state index in [0.29, 0.717) is 18.7 Å². The number of benzene rings is 3. The van der Waals surface area contributed by atoms with Crippen molar-refractivity contribution in [1.82, 2.24) is 15.1 Å². The first-order valence-electron chi connectivity index (χ1n) is 13.3. The van der Waals surface area contributed by atoms with Crippen LogP contribution in [0.25, 0.3) is 0 Å². The maximum Gasteiger partial charge on any atom is 0.335 e. The molecule has 1 saturated heterocycles. The lowest BCUT2D eigenvalue weighted by molar-refractivity contribution is -0.134. The smallest absolute Gasteiger partial charge is 0.335 e. The first-order valence-corrected chi connectivity index (χ1v) is 13.3. The highest BCUT2D eigenvalue weighted by molar-refractivity contribution is 5.87. The topological polar surface area (TPSA) is 82.1 Å². The van der Waals surface area contributed by atoms with Crippen molar-refractivity contribution >= 4 is 11.9 Å². The molecule has 3 aromatic rings. The Balaban J connectivity index is 1.29. The monoisotopic (exact) mass is 515 g/mol. The van der Waals surface area contributed by atoms with Crippen LogP contribution in [0.4, 0.5) is 0 Å². The van der Waals surface area contributed by atoms with Gasteiger partial charge in [0, 0.05) is 39.3 Å². The van der Waals surface area contributed by atoms with Gasteiger partial charge < -0.3 is 20.1 Å². The van der Waals surface area contributed by atoms with Gasteiger partial charge >= 0.3 is 5.97 Å². The Morgan fingerprint density at radius 3 is 2.16 bits per heavy atom. The van der Waals surface area contributed by atoms with Crippen LogP contribution in [0.1, 0.15) is 41.8 Å². The Kier molecular flexibility index (Phi) is 9.51. The Morgan fingerprint density at radius 1 is 0.842 bits per heavy atom. The van der Waals surface area contributed by atoms with Crippen molar-refractivity contribution in [1.29, 1.82) is 0 Å². The van der Waals surface area contributed by atoms with Crippen LogP contribution in [0.5, 0.6) is 11.5 Å². The Hall–Kier alpha value is -3.68. The lowest BCUT2D eigenvalue weighted by Gasteiger charge is -2.29. The summed E-state index contributed by atoms with van der Waals surface area (Å²) in [5.74, 6) is 0.981. The molecule has 38 heavy (non-hydrogen) atoms. The number of carboxylic acids is 1. The molecule has 7 nitrogen and oxygen atoms in total. The van der Waals surface area contributed by atoms with E-state index in [4.69, 9.17) is 9.84 Å². The van der Waals surface area contributed by atoms with E-state index in [2.05, 4.69) is 24.1 Å². The van der Waals surface area contributed by atoms with E-state index in [-0.39, 0.29) is 17.9 Å². The number of aromatic carboxylic acids is 1. The molecular weight excluding hydrogens is 478 g/mol. The summed E-state index contributed by atoms with van der Waals surface area (Å²) in [5, 5.41) is 12.6. The number of nitrogens with one attached hydrogen (secondary N) is 1. The molecule has 2 N–H and O–H groups in total. The van der Waals surface area contributed by atoms with Gasteiger partial charge in [-0.3, -0.25) is 9.69 Å². The molecule has 7 heteroatoms. The van der Waals surface area contributed by atoms with Crippen LogP contribution in [0.3, 0.4) is 0 Å². The van der Waals surface area contributed by atoms with Gasteiger partial charge in [0.2, 0.25) is 5.91 Å². The minimum atomic E-state index is -0.914. The van der Waals surface area contributed by atoms with Crippen molar-refractivity contribution in [2.75, 3.05) is 26.2 Å². The van der Waals surface area contributed by atoms with Crippen molar-refractivity contribution in [2.24, 2.45) is 5.92 Å². The first-order chi connectivity index (χ1) is 18.4. The Morgan fingerprint density at radius 2 is 1.50 bits per heavy atom.